The summed E-state index contributed by atoms with van der Waals surface area (Å²) in [5.41, 5.74) is 3.84. The summed E-state index contributed by atoms with van der Waals surface area (Å²) >= 11 is 1.38. The number of carbonyl (C=O) groups excluding carboxylic acids is 1. The summed E-state index contributed by atoms with van der Waals surface area (Å²) in [6, 6.07) is 11.8. The number of rotatable bonds is 5. The molecule has 1 heterocycles. The maximum absolute atomic E-state index is 13.1. The zero-order valence-electron chi connectivity index (χ0n) is 14.8. The van der Waals surface area contributed by atoms with Crippen LogP contribution in [0.1, 0.15) is 16.0 Å². The van der Waals surface area contributed by atoms with Crippen molar-refractivity contribution >= 4 is 22.4 Å². The first-order chi connectivity index (χ1) is 12.4. The topological polar surface area (TPSA) is 51.2 Å². The number of carbonyl (C=O) groups is 1. The Morgan fingerprint density at radius 2 is 1.85 bits per heavy atom. The molecule has 6 heteroatoms. The number of thiazole rings is 1. The van der Waals surface area contributed by atoms with Gasteiger partial charge in [0.05, 0.1) is 5.69 Å². The number of nitrogens with one attached hydrogen (secondary N) is 1. The number of amides is 1. The largest absolute Gasteiger partial charge is 0.484 e. The smallest absolute Gasteiger partial charge is 0.264 e. The summed E-state index contributed by atoms with van der Waals surface area (Å²) < 4.78 is 18.6. The van der Waals surface area contributed by atoms with Crippen LogP contribution in [0.3, 0.4) is 0 Å². The van der Waals surface area contributed by atoms with Crippen molar-refractivity contribution in [2.45, 2.75) is 20.8 Å². The minimum atomic E-state index is -0.293. The van der Waals surface area contributed by atoms with E-state index in [9.17, 15) is 9.18 Å². The molecule has 3 rings (SSSR count). The molecule has 0 spiro atoms. The number of halogens is 1. The van der Waals surface area contributed by atoms with Crippen molar-refractivity contribution in [3.05, 3.63) is 64.3 Å². The van der Waals surface area contributed by atoms with Crippen LogP contribution in [-0.4, -0.2) is 17.5 Å². The number of nitrogens with zero attached hydrogens (tertiary/aromatic N) is 1. The highest BCUT2D eigenvalue weighted by molar-refractivity contribution is 7.16. The maximum Gasteiger partial charge on any atom is 0.264 e. The fourth-order valence-electron chi connectivity index (χ4n) is 2.43. The second-order valence-electron chi connectivity index (χ2n) is 6.01. The van der Waals surface area contributed by atoms with Gasteiger partial charge in [0.15, 0.2) is 11.7 Å². The molecule has 0 unspecified atom stereocenters. The van der Waals surface area contributed by atoms with Gasteiger partial charge in [-0.05, 0) is 68.3 Å². The summed E-state index contributed by atoms with van der Waals surface area (Å²) in [6.45, 7) is 5.84. The Labute approximate surface area is 155 Å². The normalized spacial score (nSPS) is 10.6. The minimum absolute atomic E-state index is 0.0903. The predicted octanol–water partition coefficient (Wildman–Crippen LogP) is 4.89. The summed E-state index contributed by atoms with van der Waals surface area (Å²) in [5.74, 6) is 0.0897. The molecular weight excluding hydrogens is 351 g/mol. The van der Waals surface area contributed by atoms with E-state index in [0.29, 0.717) is 10.9 Å². The van der Waals surface area contributed by atoms with Crippen LogP contribution in [0.4, 0.5) is 9.52 Å². The maximum atomic E-state index is 13.1. The van der Waals surface area contributed by atoms with Gasteiger partial charge in [-0.3, -0.25) is 10.1 Å². The van der Waals surface area contributed by atoms with Gasteiger partial charge in [0.25, 0.3) is 5.91 Å². The molecule has 2 aromatic carbocycles. The number of aryl methyl sites for hydroxylation is 3. The minimum Gasteiger partial charge on any atom is -0.484 e. The van der Waals surface area contributed by atoms with Crippen molar-refractivity contribution in [1.82, 2.24) is 4.98 Å². The van der Waals surface area contributed by atoms with E-state index >= 15 is 0 Å². The molecule has 0 bridgehead atoms. The zero-order valence-corrected chi connectivity index (χ0v) is 15.6. The van der Waals surface area contributed by atoms with Crippen molar-refractivity contribution in [1.29, 1.82) is 0 Å². The molecule has 0 radical (unpaired) electrons. The van der Waals surface area contributed by atoms with Gasteiger partial charge in [-0.2, -0.15) is 0 Å². The highest BCUT2D eigenvalue weighted by Crippen LogP contribution is 2.30. The summed E-state index contributed by atoms with van der Waals surface area (Å²) in [6.07, 6.45) is 0. The first-order valence-corrected chi connectivity index (χ1v) is 8.97. The Morgan fingerprint density at radius 3 is 2.54 bits per heavy atom. The molecule has 4 nitrogen and oxygen atoms in total. The van der Waals surface area contributed by atoms with Crippen LogP contribution in [0.15, 0.2) is 42.5 Å². The molecule has 0 atom stereocenters. The Hall–Kier alpha value is -2.73. The lowest BCUT2D eigenvalue weighted by Crippen LogP contribution is -2.20. The number of anilines is 1. The van der Waals surface area contributed by atoms with E-state index in [1.165, 1.54) is 29.0 Å². The van der Waals surface area contributed by atoms with E-state index in [0.717, 1.165) is 21.7 Å². The van der Waals surface area contributed by atoms with E-state index in [-0.39, 0.29) is 18.3 Å². The van der Waals surface area contributed by atoms with Crippen LogP contribution in [0, 0.1) is 26.6 Å². The van der Waals surface area contributed by atoms with Crippen molar-refractivity contribution in [3.63, 3.8) is 0 Å². The first kappa shape index (κ1) is 18.1. The number of aromatic nitrogens is 1. The van der Waals surface area contributed by atoms with E-state index in [1.807, 2.05) is 39.0 Å². The lowest BCUT2D eigenvalue weighted by atomic mass is 10.1. The van der Waals surface area contributed by atoms with E-state index in [2.05, 4.69) is 10.3 Å². The molecule has 1 N–H and O–H groups in total. The number of hydrogen-bond donors (Lipinski definition) is 1. The van der Waals surface area contributed by atoms with Gasteiger partial charge in [0.1, 0.15) is 11.6 Å². The average molecular weight is 370 g/mol. The average Bonchev–Trinajstić information content (AvgIpc) is 2.97. The third-order valence-electron chi connectivity index (χ3n) is 4.01. The third-order valence-corrected chi connectivity index (χ3v) is 4.90. The van der Waals surface area contributed by atoms with Crippen molar-refractivity contribution in [3.8, 4) is 17.0 Å². The Bertz CT molecular complexity index is 935. The molecule has 0 saturated heterocycles. The van der Waals surface area contributed by atoms with E-state index in [1.54, 1.807) is 12.1 Å². The molecule has 0 aliphatic heterocycles. The van der Waals surface area contributed by atoms with Gasteiger partial charge in [-0.15, -0.1) is 11.3 Å². The summed E-state index contributed by atoms with van der Waals surface area (Å²) in [4.78, 5) is 17.5. The van der Waals surface area contributed by atoms with Gasteiger partial charge in [0, 0.05) is 10.4 Å². The molecule has 0 aliphatic rings. The number of ether oxygens (including phenoxy) is 1. The Morgan fingerprint density at radius 1 is 1.12 bits per heavy atom. The fraction of sp³-hybridized carbons (Fsp3) is 0.200. The van der Waals surface area contributed by atoms with E-state index in [4.69, 9.17) is 4.74 Å². The first-order valence-electron chi connectivity index (χ1n) is 8.15. The molecule has 3 aromatic rings. The molecule has 1 aromatic heterocycles. The monoisotopic (exact) mass is 370 g/mol. The highest BCUT2D eigenvalue weighted by Gasteiger charge is 2.12. The fourth-order valence-corrected chi connectivity index (χ4v) is 3.29. The third kappa shape index (κ3) is 4.26. The van der Waals surface area contributed by atoms with Crippen LogP contribution in [0.2, 0.25) is 0 Å². The van der Waals surface area contributed by atoms with Gasteiger partial charge in [0.2, 0.25) is 0 Å². The highest BCUT2D eigenvalue weighted by atomic mass is 32.1. The number of benzene rings is 2. The van der Waals surface area contributed by atoms with Crippen LogP contribution in [-0.2, 0) is 4.79 Å². The predicted molar refractivity (Wildman–Crippen MR) is 102 cm³/mol. The van der Waals surface area contributed by atoms with E-state index < -0.39 is 0 Å². The Balaban J connectivity index is 1.63. The molecule has 1 amide bonds. The van der Waals surface area contributed by atoms with Crippen LogP contribution >= 0.6 is 11.3 Å². The molecule has 26 heavy (non-hydrogen) atoms. The molecule has 0 fully saturated rings. The molecule has 134 valence electrons. The standard InChI is InChI=1S/C20H19FN2O2S/c1-12-4-9-17(10-13(12)2)25-11-18(24)22-20-23-19(14(3)26-20)15-5-7-16(21)8-6-15/h4-10H,11H2,1-3H3,(H,22,23,24). The second kappa shape index (κ2) is 7.66. The second-order valence-corrected chi connectivity index (χ2v) is 7.22. The van der Waals surface area contributed by atoms with Crippen LogP contribution in [0.25, 0.3) is 11.3 Å². The van der Waals surface area contributed by atoms with Crippen LogP contribution < -0.4 is 10.1 Å². The lowest BCUT2D eigenvalue weighted by molar-refractivity contribution is -0.118. The van der Waals surface area contributed by atoms with Gasteiger partial charge in [-0.25, -0.2) is 9.37 Å². The van der Waals surface area contributed by atoms with Gasteiger partial charge < -0.3 is 4.74 Å². The van der Waals surface area contributed by atoms with Gasteiger partial charge in [-0.1, -0.05) is 6.07 Å². The molecule has 0 aliphatic carbocycles. The lowest BCUT2D eigenvalue weighted by Gasteiger charge is -2.07. The molecule has 0 saturated carbocycles. The Kier molecular flexibility index (Phi) is 5.32. The SMILES string of the molecule is Cc1ccc(OCC(=O)Nc2nc(-c3ccc(F)cc3)c(C)s2)cc1C. The number of hydrogen-bond acceptors (Lipinski definition) is 4. The van der Waals surface area contributed by atoms with Crippen molar-refractivity contribution < 1.29 is 13.9 Å². The van der Waals surface area contributed by atoms with Gasteiger partial charge >= 0.3 is 0 Å². The van der Waals surface area contributed by atoms with Crippen molar-refractivity contribution in [2.24, 2.45) is 0 Å². The summed E-state index contributed by atoms with van der Waals surface area (Å²) in [5, 5.41) is 3.25. The van der Waals surface area contributed by atoms with Crippen molar-refractivity contribution in [2.75, 3.05) is 11.9 Å². The zero-order chi connectivity index (χ0) is 18.7. The molecular formula is C20H19FN2O2S. The summed E-state index contributed by atoms with van der Waals surface area (Å²) in [7, 11) is 0. The quantitative estimate of drug-likeness (QED) is 0.695. The van der Waals surface area contributed by atoms with Crippen LogP contribution in [0.5, 0.6) is 5.75 Å².